The summed E-state index contributed by atoms with van der Waals surface area (Å²) < 4.78 is 0. The number of hydrogen-bond donors (Lipinski definition) is 1. The van der Waals surface area contributed by atoms with Crippen molar-refractivity contribution in [1.29, 1.82) is 0 Å². The summed E-state index contributed by atoms with van der Waals surface area (Å²) in [6, 6.07) is 0. The molecular formula is C10H21N3. The Morgan fingerprint density at radius 2 is 2.15 bits per heavy atom. The van der Waals surface area contributed by atoms with Crippen LogP contribution >= 0.6 is 0 Å². The monoisotopic (exact) mass is 183 g/mol. The molecule has 76 valence electrons. The molecule has 1 heterocycles. The van der Waals surface area contributed by atoms with E-state index in [4.69, 9.17) is 0 Å². The molecule has 0 aromatic rings. The largest absolute Gasteiger partial charge is 0.339 e. The van der Waals surface area contributed by atoms with Crippen LogP contribution in [0, 0.1) is 5.41 Å². The SMILES string of the molecule is CCCCN1C=NNC1C(C)(C)C. The molecule has 0 fully saturated rings. The molecule has 3 heteroatoms. The minimum atomic E-state index is 0.240. The van der Waals surface area contributed by atoms with Gasteiger partial charge in [-0.25, -0.2) is 0 Å². The summed E-state index contributed by atoms with van der Waals surface area (Å²) >= 11 is 0. The van der Waals surface area contributed by atoms with Crippen molar-refractivity contribution in [2.75, 3.05) is 6.54 Å². The summed E-state index contributed by atoms with van der Waals surface area (Å²) in [5.74, 6) is 0. The van der Waals surface area contributed by atoms with Gasteiger partial charge in [0.05, 0.1) is 0 Å². The Bertz CT molecular complexity index is 181. The van der Waals surface area contributed by atoms with Crippen molar-refractivity contribution in [1.82, 2.24) is 10.3 Å². The van der Waals surface area contributed by atoms with E-state index >= 15 is 0 Å². The lowest BCUT2D eigenvalue weighted by Gasteiger charge is -2.34. The fourth-order valence-electron chi connectivity index (χ4n) is 1.54. The lowest BCUT2D eigenvalue weighted by atomic mass is 9.92. The zero-order valence-corrected chi connectivity index (χ0v) is 9.17. The smallest absolute Gasteiger partial charge is 0.121 e. The summed E-state index contributed by atoms with van der Waals surface area (Å²) in [7, 11) is 0. The molecule has 0 bridgehead atoms. The second-order valence-corrected chi connectivity index (χ2v) is 4.73. The maximum absolute atomic E-state index is 4.12. The van der Waals surface area contributed by atoms with Gasteiger partial charge in [-0.3, -0.25) is 5.43 Å². The third kappa shape index (κ3) is 2.61. The number of unbranched alkanes of at least 4 members (excludes halogenated alkanes) is 1. The first kappa shape index (κ1) is 10.4. The van der Waals surface area contributed by atoms with Gasteiger partial charge < -0.3 is 4.90 Å². The molecule has 1 aliphatic heterocycles. The molecule has 0 spiro atoms. The van der Waals surface area contributed by atoms with E-state index in [9.17, 15) is 0 Å². The third-order valence-corrected chi connectivity index (χ3v) is 2.32. The second-order valence-electron chi connectivity index (χ2n) is 4.73. The highest BCUT2D eigenvalue weighted by molar-refractivity contribution is 5.57. The quantitative estimate of drug-likeness (QED) is 0.724. The van der Waals surface area contributed by atoms with Crippen LogP contribution in [0.2, 0.25) is 0 Å². The first-order valence-corrected chi connectivity index (χ1v) is 5.10. The summed E-state index contributed by atoms with van der Waals surface area (Å²) in [6.45, 7) is 10.0. The molecule has 1 unspecified atom stereocenters. The zero-order valence-electron chi connectivity index (χ0n) is 9.17. The Morgan fingerprint density at radius 1 is 1.46 bits per heavy atom. The molecule has 0 radical (unpaired) electrons. The van der Waals surface area contributed by atoms with Crippen LogP contribution in [0.5, 0.6) is 0 Å². The number of nitrogens with one attached hydrogen (secondary N) is 1. The number of rotatable bonds is 3. The van der Waals surface area contributed by atoms with Gasteiger partial charge in [-0.2, -0.15) is 5.10 Å². The maximum Gasteiger partial charge on any atom is 0.121 e. The first-order chi connectivity index (χ1) is 6.05. The van der Waals surface area contributed by atoms with E-state index in [1.165, 1.54) is 12.8 Å². The van der Waals surface area contributed by atoms with Crippen LogP contribution in [0.1, 0.15) is 40.5 Å². The lowest BCUT2D eigenvalue weighted by molar-refractivity contribution is 0.156. The van der Waals surface area contributed by atoms with E-state index in [1.807, 2.05) is 6.34 Å². The standard InChI is InChI=1S/C10H21N3/c1-5-6-7-13-8-11-12-9(13)10(2,3)4/h8-9,12H,5-7H2,1-4H3. The highest BCUT2D eigenvalue weighted by Gasteiger charge is 2.31. The number of nitrogens with zero attached hydrogens (tertiary/aromatic N) is 2. The van der Waals surface area contributed by atoms with Gasteiger partial charge in [-0.15, -0.1) is 0 Å². The Kier molecular flexibility index (Phi) is 3.17. The van der Waals surface area contributed by atoms with Gasteiger partial charge in [0.1, 0.15) is 12.5 Å². The van der Waals surface area contributed by atoms with E-state index in [0.29, 0.717) is 6.17 Å². The minimum Gasteiger partial charge on any atom is -0.339 e. The molecule has 0 aromatic heterocycles. The molecule has 13 heavy (non-hydrogen) atoms. The van der Waals surface area contributed by atoms with Crippen LogP contribution in [-0.2, 0) is 0 Å². The zero-order chi connectivity index (χ0) is 9.90. The van der Waals surface area contributed by atoms with Crippen LogP contribution in [0.15, 0.2) is 5.10 Å². The average Bonchev–Trinajstić information content (AvgIpc) is 2.47. The van der Waals surface area contributed by atoms with Gasteiger partial charge in [0.25, 0.3) is 0 Å². The van der Waals surface area contributed by atoms with Crippen LogP contribution in [-0.4, -0.2) is 23.9 Å². The van der Waals surface area contributed by atoms with Crippen molar-refractivity contribution in [3.8, 4) is 0 Å². The maximum atomic E-state index is 4.12. The Balaban J connectivity index is 2.48. The van der Waals surface area contributed by atoms with Crippen LogP contribution in [0.25, 0.3) is 0 Å². The molecule has 1 N–H and O–H groups in total. The molecule has 1 aliphatic rings. The van der Waals surface area contributed by atoms with Crippen molar-refractivity contribution in [3.05, 3.63) is 0 Å². The van der Waals surface area contributed by atoms with Crippen molar-refractivity contribution in [2.24, 2.45) is 10.5 Å². The first-order valence-electron chi connectivity index (χ1n) is 5.10. The Morgan fingerprint density at radius 3 is 2.69 bits per heavy atom. The molecule has 0 saturated carbocycles. The molecule has 0 amide bonds. The van der Waals surface area contributed by atoms with E-state index < -0.39 is 0 Å². The highest BCUT2D eigenvalue weighted by Crippen LogP contribution is 2.23. The molecule has 0 aromatic carbocycles. The fraction of sp³-hybridized carbons (Fsp3) is 0.900. The van der Waals surface area contributed by atoms with Gasteiger partial charge in [0.2, 0.25) is 0 Å². The van der Waals surface area contributed by atoms with Gasteiger partial charge in [0.15, 0.2) is 0 Å². The molecule has 3 nitrogen and oxygen atoms in total. The Labute approximate surface area is 81.2 Å². The molecular weight excluding hydrogens is 162 g/mol. The van der Waals surface area contributed by atoms with E-state index in [2.05, 4.69) is 43.1 Å². The van der Waals surface area contributed by atoms with Gasteiger partial charge in [-0.05, 0) is 6.42 Å². The third-order valence-electron chi connectivity index (χ3n) is 2.32. The predicted molar refractivity (Wildman–Crippen MR) is 56.5 cm³/mol. The van der Waals surface area contributed by atoms with Crippen molar-refractivity contribution in [3.63, 3.8) is 0 Å². The Hall–Kier alpha value is -0.730. The van der Waals surface area contributed by atoms with Crippen molar-refractivity contribution < 1.29 is 0 Å². The van der Waals surface area contributed by atoms with Crippen LogP contribution in [0.3, 0.4) is 0 Å². The van der Waals surface area contributed by atoms with E-state index in [1.54, 1.807) is 0 Å². The predicted octanol–water partition coefficient (Wildman–Crippen LogP) is 2.01. The normalized spacial score (nSPS) is 22.2. The molecule has 1 atom stereocenters. The van der Waals surface area contributed by atoms with Crippen LogP contribution in [0.4, 0.5) is 0 Å². The van der Waals surface area contributed by atoms with Gasteiger partial charge >= 0.3 is 0 Å². The summed E-state index contributed by atoms with van der Waals surface area (Å²) in [6.07, 6.45) is 4.76. The van der Waals surface area contributed by atoms with Crippen molar-refractivity contribution >= 4 is 6.34 Å². The minimum absolute atomic E-state index is 0.240. The summed E-state index contributed by atoms with van der Waals surface area (Å²) in [5.41, 5.74) is 3.39. The van der Waals surface area contributed by atoms with E-state index in [-0.39, 0.29) is 5.41 Å². The average molecular weight is 183 g/mol. The van der Waals surface area contributed by atoms with Crippen LogP contribution < -0.4 is 5.43 Å². The number of hydrogen-bond acceptors (Lipinski definition) is 3. The fourth-order valence-corrected chi connectivity index (χ4v) is 1.54. The summed E-state index contributed by atoms with van der Waals surface area (Å²) in [5, 5.41) is 4.12. The van der Waals surface area contributed by atoms with Gasteiger partial charge in [-0.1, -0.05) is 34.1 Å². The van der Waals surface area contributed by atoms with Gasteiger partial charge in [0, 0.05) is 12.0 Å². The molecule has 1 rings (SSSR count). The number of hydrazone groups is 1. The summed E-state index contributed by atoms with van der Waals surface area (Å²) in [4.78, 5) is 2.30. The second kappa shape index (κ2) is 3.99. The highest BCUT2D eigenvalue weighted by atomic mass is 15.5. The van der Waals surface area contributed by atoms with E-state index in [0.717, 1.165) is 6.54 Å². The molecule has 0 aliphatic carbocycles. The lowest BCUT2D eigenvalue weighted by Crippen LogP contribution is -2.46. The topological polar surface area (TPSA) is 27.6 Å². The van der Waals surface area contributed by atoms with Crippen molar-refractivity contribution in [2.45, 2.75) is 46.7 Å². The molecule has 0 saturated heterocycles.